The number of guanidine groups is 1. The Hall–Kier alpha value is -3.22. The molecule has 2 heterocycles. The highest BCUT2D eigenvalue weighted by Crippen LogP contribution is 2.50. The van der Waals surface area contributed by atoms with Gasteiger partial charge in [-0.2, -0.15) is 4.99 Å². The van der Waals surface area contributed by atoms with Crippen molar-refractivity contribution < 1.29 is 14.2 Å². The second-order valence-electron chi connectivity index (χ2n) is 6.04. The van der Waals surface area contributed by atoms with Crippen molar-refractivity contribution in [2.75, 3.05) is 26.6 Å². The van der Waals surface area contributed by atoms with Crippen LogP contribution in [0.1, 0.15) is 23.1 Å². The van der Waals surface area contributed by atoms with Crippen LogP contribution in [-0.4, -0.2) is 33.1 Å². The fourth-order valence-corrected chi connectivity index (χ4v) is 3.64. The van der Waals surface area contributed by atoms with Gasteiger partial charge in [0.15, 0.2) is 11.5 Å². The highest BCUT2D eigenvalue weighted by Gasteiger charge is 2.40. The van der Waals surface area contributed by atoms with Crippen LogP contribution in [0.4, 0.5) is 5.69 Å². The van der Waals surface area contributed by atoms with E-state index in [1.807, 2.05) is 30.3 Å². The zero-order valence-electron chi connectivity index (χ0n) is 14.8. The number of ether oxygens (including phenoxy) is 3. The Morgan fingerprint density at radius 1 is 0.923 bits per heavy atom. The number of methoxy groups -OCH3 is 3. The molecule has 134 valence electrons. The minimum absolute atomic E-state index is 0.0644. The Morgan fingerprint density at radius 3 is 2.42 bits per heavy atom. The molecule has 0 unspecified atom stereocenters. The number of rotatable bonds is 4. The molecule has 0 aromatic heterocycles. The molecule has 0 fully saturated rings. The first-order valence-corrected chi connectivity index (χ1v) is 8.24. The van der Waals surface area contributed by atoms with Gasteiger partial charge in [0.1, 0.15) is 5.84 Å². The van der Waals surface area contributed by atoms with Gasteiger partial charge >= 0.3 is 0 Å². The van der Waals surface area contributed by atoms with Crippen LogP contribution in [0.15, 0.2) is 46.4 Å². The topological polar surface area (TPSA) is 90.5 Å². The summed E-state index contributed by atoms with van der Waals surface area (Å²) in [4.78, 5) is 9.03. The Morgan fingerprint density at radius 2 is 1.69 bits per heavy atom. The number of anilines is 1. The van der Waals surface area contributed by atoms with Gasteiger partial charge in [-0.3, -0.25) is 0 Å². The number of hydrogen-bond donors (Lipinski definition) is 2. The number of nitrogens with two attached hydrogens (primary N) is 1. The number of aliphatic imine (C=N–C) groups is 2. The van der Waals surface area contributed by atoms with Crippen LogP contribution in [0.25, 0.3) is 0 Å². The molecule has 0 amide bonds. The molecule has 0 spiro atoms. The maximum atomic E-state index is 6.00. The van der Waals surface area contributed by atoms with Crippen molar-refractivity contribution in [3.8, 4) is 17.2 Å². The third-order valence-corrected chi connectivity index (χ3v) is 4.73. The molecule has 2 aliphatic rings. The van der Waals surface area contributed by atoms with Crippen molar-refractivity contribution in [2.45, 2.75) is 12.0 Å². The summed E-state index contributed by atoms with van der Waals surface area (Å²) >= 11 is 0. The zero-order chi connectivity index (χ0) is 18.3. The molecular weight excluding hydrogens is 332 g/mol. The Labute approximate surface area is 151 Å². The van der Waals surface area contributed by atoms with E-state index in [0.717, 1.165) is 22.6 Å². The van der Waals surface area contributed by atoms with Crippen molar-refractivity contribution in [3.05, 3.63) is 47.5 Å². The van der Waals surface area contributed by atoms with Crippen LogP contribution in [0.5, 0.6) is 17.2 Å². The summed E-state index contributed by atoms with van der Waals surface area (Å²) in [5, 5.41) is 3.35. The number of benzene rings is 2. The molecule has 26 heavy (non-hydrogen) atoms. The van der Waals surface area contributed by atoms with Crippen LogP contribution in [0, 0.1) is 0 Å². The molecule has 7 heteroatoms. The van der Waals surface area contributed by atoms with Gasteiger partial charge in [-0.25, -0.2) is 4.99 Å². The lowest BCUT2D eigenvalue weighted by Gasteiger charge is -2.27. The average molecular weight is 352 g/mol. The maximum absolute atomic E-state index is 6.00. The van der Waals surface area contributed by atoms with Gasteiger partial charge in [-0.05, 0) is 23.8 Å². The predicted octanol–water partition coefficient (Wildman–Crippen LogP) is 2.69. The number of fused-ring (bicyclic) bond motifs is 3. The Balaban J connectivity index is 1.89. The Bertz CT molecular complexity index is 923. The van der Waals surface area contributed by atoms with Crippen molar-refractivity contribution in [3.63, 3.8) is 0 Å². The normalized spacial score (nSPS) is 20.3. The van der Waals surface area contributed by atoms with Crippen molar-refractivity contribution >= 4 is 17.5 Å². The predicted molar refractivity (Wildman–Crippen MR) is 101 cm³/mol. The molecule has 0 aliphatic carbocycles. The van der Waals surface area contributed by atoms with E-state index in [1.54, 1.807) is 21.3 Å². The molecule has 4 rings (SSSR count). The first kappa shape index (κ1) is 16.3. The highest BCUT2D eigenvalue weighted by atomic mass is 16.5. The number of nitrogens with one attached hydrogen (secondary N) is 1. The molecule has 2 aromatic rings. The van der Waals surface area contributed by atoms with Gasteiger partial charge in [0.2, 0.25) is 11.7 Å². The molecule has 0 bridgehead atoms. The van der Waals surface area contributed by atoms with E-state index in [1.165, 1.54) is 0 Å². The lowest BCUT2D eigenvalue weighted by Crippen LogP contribution is -2.28. The molecule has 2 aliphatic heterocycles. The maximum Gasteiger partial charge on any atom is 0.217 e. The molecular formula is C19H20N4O3. The van der Waals surface area contributed by atoms with Gasteiger partial charge in [0.25, 0.3) is 0 Å². The van der Waals surface area contributed by atoms with Crippen molar-refractivity contribution in [1.82, 2.24) is 0 Å². The van der Waals surface area contributed by atoms with Crippen LogP contribution in [-0.2, 0) is 0 Å². The molecule has 0 saturated heterocycles. The Kier molecular flexibility index (Phi) is 3.91. The smallest absolute Gasteiger partial charge is 0.217 e. The van der Waals surface area contributed by atoms with E-state index in [9.17, 15) is 0 Å². The third kappa shape index (κ3) is 2.35. The first-order valence-electron chi connectivity index (χ1n) is 8.24. The minimum atomic E-state index is -0.284. The lowest BCUT2D eigenvalue weighted by molar-refractivity contribution is 0.320. The van der Waals surface area contributed by atoms with Crippen molar-refractivity contribution in [2.24, 2.45) is 15.7 Å². The highest BCUT2D eigenvalue weighted by molar-refractivity contribution is 6.13. The monoisotopic (exact) mass is 352 g/mol. The second-order valence-corrected chi connectivity index (χ2v) is 6.04. The van der Waals surface area contributed by atoms with Gasteiger partial charge in [-0.1, -0.05) is 18.2 Å². The fourth-order valence-electron chi connectivity index (χ4n) is 3.64. The average Bonchev–Trinajstić information content (AvgIpc) is 3.03. The van der Waals surface area contributed by atoms with Crippen LogP contribution in [0.2, 0.25) is 0 Å². The summed E-state index contributed by atoms with van der Waals surface area (Å²) in [7, 11) is 4.78. The van der Waals surface area contributed by atoms with Gasteiger partial charge < -0.3 is 25.3 Å². The van der Waals surface area contributed by atoms with E-state index in [4.69, 9.17) is 19.9 Å². The van der Waals surface area contributed by atoms with Crippen LogP contribution in [0.3, 0.4) is 0 Å². The summed E-state index contributed by atoms with van der Waals surface area (Å²) in [6.45, 7) is 0. The number of para-hydroxylation sites is 1. The molecule has 3 N–H and O–H groups in total. The summed E-state index contributed by atoms with van der Waals surface area (Å²) < 4.78 is 16.6. The molecule has 2 aromatic carbocycles. The van der Waals surface area contributed by atoms with Gasteiger partial charge in [0.05, 0.1) is 33.3 Å². The van der Waals surface area contributed by atoms with Crippen molar-refractivity contribution in [1.29, 1.82) is 0 Å². The van der Waals surface area contributed by atoms with E-state index < -0.39 is 0 Å². The van der Waals surface area contributed by atoms with E-state index in [0.29, 0.717) is 17.2 Å². The minimum Gasteiger partial charge on any atom is -0.493 e. The van der Waals surface area contributed by atoms with Gasteiger partial charge in [0, 0.05) is 11.3 Å². The second kappa shape index (κ2) is 6.25. The van der Waals surface area contributed by atoms with Gasteiger partial charge in [-0.15, -0.1) is 0 Å². The van der Waals surface area contributed by atoms with E-state index >= 15 is 0 Å². The first-order chi connectivity index (χ1) is 12.7. The summed E-state index contributed by atoms with van der Waals surface area (Å²) in [6.07, 6.45) is 0. The number of nitrogens with zero attached hydrogens (tertiary/aromatic N) is 2. The fraction of sp³-hybridized carbons (Fsp3) is 0.263. The molecule has 0 saturated carbocycles. The van der Waals surface area contributed by atoms with E-state index in [2.05, 4.69) is 21.4 Å². The summed E-state index contributed by atoms with van der Waals surface area (Å²) in [5.41, 5.74) is 9.01. The number of amidine groups is 1. The third-order valence-electron chi connectivity index (χ3n) is 4.73. The van der Waals surface area contributed by atoms with Crippen LogP contribution >= 0.6 is 0 Å². The number of hydrogen-bond acceptors (Lipinski definition) is 7. The summed E-state index contributed by atoms with van der Waals surface area (Å²) in [6, 6.07) is 11.6. The zero-order valence-corrected chi connectivity index (χ0v) is 14.8. The van der Waals surface area contributed by atoms with Crippen LogP contribution < -0.4 is 25.3 Å². The standard InChI is InChI=1S/C19H20N4O3/c1-24-13-9-8-11(16(25-2)17(13)26-3)15-14-10-6-4-5-7-12(10)21-18(14)23-19(20)22-15/h4-9,14-15H,1-3H3,(H3,20,21,22,23)/t14-,15-/m1/s1. The molecule has 2 atom stereocenters. The van der Waals surface area contributed by atoms with E-state index in [-0.39, 0.29) is 17.9 Å². The molecule has 0 radical (unpaired) electrons. The largest absolute Gasteiger partial charge is 0.493 e. The molecule has 7 nitrogen and oxygen atoms in total. The quantitative estimate of drug-likeness (QED) is 0.883. The SMILES string of the molecule is COc1ccc([C@H]2N=C(N)N=C3Nc4ccccc4[C@@H]32)c(OC)c1OC. The summed E-state index contributed by atoms with van der Waals surface area (Å²) in [5.74, 6) is 2.67. The lowest BCUT2D eigenvalue weighted by atomic mass is 9.86.